The Morgan fingerprint density at radius 3 is 2.67 bits per heavy atom. The summed E-state index contributed by atoms with van der Waals surface area (Å²) in [7, 11) is 0. The van der Waals surface area contributed by atoms with Gasteiger partial charge in [-0.05, 0) is 68.4 Å². The summed E-state index contributed by atoms with van der Waals surface area (Å²) in [5.41, 5.74) is 3.33. The van der Waals surface area contributed by atoms with Gasteiger partial charge in [-0.15, -0.1) is 34.9 Å². The second-order valence-corrected chi connectivity index (χ2v) is 13.4. The number of amides is 3. The molecule has 3 atom stereocenters. The van der Waals surface area contributed by atoms with Crippen molar-refractivity contribution in [1.82, 2.24) is 4.98 Å². The van der Waals surface area contributed by atoms with Gasteiger partial charge in [0.1, 0.15) is 5.75 Å². The number of nitrogens with one attached hydrogen (secondary N) is 2. The first-order valence-electron chi connectivity index (χ1n) is 14.0. The molecule has 3 amide bonds. The number of nitrogens with zero attached hydrogens (tertiary/aromatic N) is 2. The van der Waals surface area contributed by atoms with Crippen molar-refractivity contribution in [3.05, 3.63) is 102 Å². The fourth-order valence-corrected chi connectivity index (χ4v) is 7.78. The molecule has 0 saturated carbocycles. The number of aromatic nitrogens is 1. The normalized spacial score (nSPS) is 17.5. The van der Waals surface area contributed by atoms with Crippen LogP contribution in [0.1, 0.15) is 13.8 Å². The van der Waals surface area contributed by atoms with Crippen LogP contribution in [0.5, 0.6) is 5.75 Å². The van der Waals surface area contributed by atoms with Gasteiger partial charge < -0.3 is 15.4 Å². The van der Waals surface area contributed by atoms with Crippen molar-refractivity contribution in [2.45, 2.75) is 40.2 Å². The lowest BCUT2D eigenvalue weighted by Gasteiger charge is -2.40. The molecule has 0 spiro atoms. The molecule has 1 aromatic heterocycles. The van der Waals surface area contributed by atoms with E-state index in [4.69, 9.17) is 4.74 Å². The van der Waals surface area contributed by atoms with E-state index < -0.39 is 0 Å². The first kappa shape index (κ1) is 29.1. The number of benzene rings is 3. The Bertz CT molecular complexity index is 1680. The third kappa shape index (κ3) is 6.66. The van der Waals surface area contributed by atoms with Crippen LogP contribution in [0.3, 0.4) is 0 Å². The van der Waals surface area contributed by atoms with Crippen molar-refractivity contribution in [2.24, 2.45) is 0 Å². The fourth-order valence-electron chi connectivity index (χ4n) is 4.87. The molecule has 10 heteroatoms. The Kier molecular flexibility index (Phi) is 8.87. The number of urea groups is 1. The zero-order chi connectivity index (χ0) is 29.8. The van der Waals surface area contributed by atoms with Crippen molar-refractivity contribution < 1.29 is 14.3 Å². The van der Waals surface area contributed by atoms with Crippen molar-refractivity contribution in [3.63, 3.8) is 0 Å². The highest BCUT2D eigenvalue weighted by Crippen LogP contribution is 2.43. The molecule has 1 aliphatic carbocycles. The minimum Gasteiger partial charge on any atom is -0.494 e. The predicted octanol–water partition coefficient (Wildman–Crippen LogP) is 8.34. The van der Waals surface area contributed by atoms with Crippen LogP contribution in [-0.2, 0) is 4.79 Å². The van der Waals surface area contributed by atoms with E-state index in [2.05, 4.69) is 33.8 Å². The highest BCUT2D eigenvalue weighted by Gasteiger charge is 2.36. The molecule has 218 valence electrons. The molecule has 6 rings (SSSR count). The summed E-state index contributed by atoms with van der Waals surface area (Å²) in [4.78, 5) is 35.1. The summed E-state index contributed by atoms with van der Waals surface area (Å²) in [6.45, 7) is 4.43. The maximum Gasteiger partial charge on any atom is 0.326 e. The Labute approximate surface area is 263 Å². The number of carbonyl (C=O) groups excluding carboxylic acids is 2. The third-order valence-electron chi connectivity index (χ3n) is 6.92. The van der Waals surface area contributed by atoms with Crippen molar-refractivity contribution >= 4 is 63.3 Å². The van der Waals surface area contributed by atoms with Crippen LogP contribution in [0.25, 0.3) is 11.3 Å². The van der Waals surface area contributed by atoms with E-state index in [0.29, 0.717) is 17.4 Å². The van der Waals surface area contributed by atoms with Gasteiger partial charge in [-0.3, -0.25) is 9.69 Å². The van der Waals surface area contributed by atoms with Crippen LogP contribution in [-0.4, -0.2) is 40.1 Å². The van der Waals surface area contributed by atoms with Crippen molar-refractivity contribution in [1.29, 1.82) is 0 Å². The Hall–Kier alpha value is -3.99. The Morgan fingerprint density at radius 1 is 1.02 bits per heavy atom. The molecule has 2 N–H and O–H groups in total. The van der Waals surface area contributed by atoms with E-state index in [1.807, 2.05) is 103 Å². The van der Waals surface area contributed by atoms with Crippen LogP contribution in [0.15, 0.2) is 112 Å². The number of fused-ring (bicyclic) bond motifs is 2. The van der Waals surface area contributed by atoms with Crippen LogP contribution in [0.2, 0.25) is 0 Å². The molecule has 43 heavy (non-hydrogen) atoms. The van der Waals surface area contributed by atoms with Crippen molar-refractivity contribution in [3.8, 4) is 17.0 Å². The molecular weight excluding hydrogens is 597 g/mol. The van der Waals surface area contributed by atoms with Crippen LogP contribution in [0.4, 0.5) is 21.3 Å². The van der Waals surface area contributed by atoms with Gasteiger partial charge >= 0.3 is 6.03 Å². The first-order chi connectivity index (χ1) is 21.0. The summed E-state index contributed by atoms with van der Waals surface area (Å²) in [5.74, 6) is 0.672. The summed E-state index contributed by atoms with van der Waals surface area (Å²) in [6, 6.07) is 23.1. The van der Waals surface area contributed by atoms with Gasteiger partial charge in [0.2, 0.25) is 5.91 Å². The number of anilines is 3. The first-order valence-corrected chi connectivity index (χ1v) is 16.6. The summed E-state index contributed by atoms with van der Waals surface area (Å²) < 4.78 is 5.51. The smallest absolute Gasteiger partial charge is 0.326 e. The summed E-state index contributed by atoms with van der Waals surface area (Å²) in [6.07, 6.45) is 8.24. The number of hydrogen-bond donors (Lipinski definition) is 2. The quantitative estimate of drug-likeness (QED) is 0.191. The number of carbonyl (C=O) groups is 2. The SMILES string of the molecule is CCOc1ccc(-c2csc(NC(=O)C(C)Sc3cccc(NC(=O)N4c5ccccc5SC5C=CC=CC54)c3)n2)cc1. The molecule has 0 radical (unpaired) electrons. The van der Waals surface area contributed by atoms with Crippen LogP contribution < -0.4 is 20.3 Å². The minimum absolute atomic E-state index is 0.0769. The molecule has 3 unspecified atom stereocenters. The average Bonchev–Trinajstić information content (AvgIpc) is 3.49. The lowest BCUT2D eigenvalue weighted by Crippen LogP contribution is -2.49. The van der Waals surface area contributed by atoms with E-state index in [1.165, 1.54) is 23.1 Å². The van der Waals surface area contributed by atoms with E-state index in [9.17, 15) is 9.59 Å². The fraction of sp³-hybridized carbons (Fsp3) is 0.182. The lowest BCUT2D eigenvalue weighted by atomic mass is 10.1. The van der Waals surface area contributed by atoms with Gasteiger partial charge in [-0.2, -0.15) is 0 Å². The van der Waals surface area contributed by atoms with Crippen LogP contribution in [0, 0.1) is 0 Å². The van der Waals surface area contributed by atoms with E-state index in [1.54, 1.807) is 11.8 Å². The number of hydrogen-bond acceptors (Lipinski definition) is 7. The largest absolute Gasteiger partial charge is 0.494 e. The average molecular weight is 627 g/mol. The minimum atomic E-state index is -0.380. The highest BCUT2D eigenvalue weighted by molar-refractivity contribution is 8.00. The van der Waals surface area contributed by atoms with Gasteiger partial charge in [-0.25, -0.2) is 9.78 Å². The molecule has 3 aromatic carbocycles. The van der Waals surface area contributed by atoms with E-state index >= 15 is 0 Å². The third-order valence-corrected chi connectivity index (χ3v) is 10.1. The zero-order valence-corrected chi connectivity index (χ0v) is 26.0. The predicted molar refractivity (Wildman–Crippen MR) is 179 cm³/mol. The van der Waals surface area contributed by atoms with Crippen molar-refractivity contribution in [2.75, 3.05) is 22.1 Å². The molecule has 7 nitrogen and oxygen atoms in total. The maximum atomic E-state index is 13.6. The second kappa shape index (κ2) is 13.1. The van der Waals surface area contributed by atoms with Gasteiger partial charge in [0, 0.05) is 26.4 Å². The number of para-hydroxylation sites is 1. The zero-order valence-electron chi connectivity index (χ0n) is 23.6. The molecule has 0 saturated heterocycles. The van der Waals surface area contributed by atoms with E-state index in [0.717, 1.165) is 32.5 Å². The number of thiazole rings is 1. The molecule has 2 aliphatic rings. The van der Waals surface area contributed by atoms with Gasteiger partial charge in [0.15, 0.2) is 5.13 Å². The molecule has 0 fully saturated rings. The topological polar surface area (TPSA) is 83.6 Å². The number of ether oxygens (including phenoxy) is 1. The lowest BCUT2D eigenvalue weighted by molar-refractivity contribution is -0.115. The van der Waals surface area contributed by atoms with E-state index in [-0.39, 0.29) is 28.5 Å². The maximum absolute atomic E-state index is 13.6. The molecule has 0 bridgehead atoms. The van der Waals surface area contributed by atoms with Gasteiger partial charge in [0.25, 0.3) is 0 Å². The molecular formula is C33H30N4O3S3. The summed E-state index contributed by atoms with van der Waals surface area (Å²) >= 11 is 4.59. The monoisotopic (exact) mass is 626 g/mol. The standard InChI is InChI=1S/C33H30N4O3S3/c1-3-40-24-17-15-22(16-18-24)26-20-41-32(35-26)36-31(38)21(2)42-25-10-8-9-23(19-25)34-33(39)37-27-11-4-6-13-29(27)43-30-14-7-5-12-28(30)37/h4-21,27,29H,3H2,1-2H3,(H,34,39)(H,35,36,38). The molecule has 4 aromatic rings. The van der Waals surface area contributed by atoms with Crippen LogP contribution >= 0.6 is 34.9 Å². The number of allylic oxidation sites excluding steroid dienone is 2. The number of thioether (sulfide) groups is 2. The highest BCUT2D eigenvalue weighted by atomic mass is 32.2. The molecule has 1 aliphatic heterocycles. The molecule has 2 heterocycles. The number of rotatable bonds is 8. The van der Waals surface area contributed by atoms with Gasteiger partial charge in [-0.1, -0.05) is 42.5 Å². The second-order valence-electron chi connectivity index (χ2n) is 9.88. The van der Waals surface area contributed by atoms with Gasteiger partial charge in [0.05, 0.1) is 34.5 Å². The Balaban J connectivity index is 1.09. The Morgan fingerprint density at radius 2 is 1.84 bits per heavy atom. The summed E-state index contributed by atoms with van der Waals surface area (Å²) in [5, 5.41) is 8.28.